The Labute approximate surface area is 232 Å². The minimum atomic E-state index is -0.0361. The molecule has 0 aliphatic heterocycles. The van der Waals surface area contributed by atoms with E-state index in [1.807, 2.05) is 18.2 Å². The van der Waals surface area contributed by atoms with Crippen LogP contribution in [0, 0.1) is 17.8 Å². The predicted molar refractivity (Wildman–Crippen MR) is 158 cm³/mol. The highest BCUT2D eigenvalue weighted by Gasteiger charge is 2.19. The molecule has 214 valence electrons. The molecule has 2 aromatic carbocycles. The lowest BCUT2D eigenvalue weighted by Gasteiger charge is -2.23. The van der Waals surface area contributed by atoms with Crippen LogP contribution in [0.15, 0.2) is 47.5 Å². The monoisotopic (exact) mass is 539 g/mol. The number of ketones is 1. The largest absolute Gasteiger partial charge is 0.504 e. The van der Waals surface area contributed by atoms with Crippen LogP contribution in [0.5, 0.6) is 23.0 Å². The molecule has 2 rings (SSSR count). The van der Waals surface area contributed by atoms with E-state index in [4.69, 9.17) is 15.2 Å². The molecular weight excluding hydrogens is 494 g/mol. The van der Waals surface area contributed by atoms with Gasteiger partial charge in [-0.2, -0.15) is 0 Å². The fourth-order valence-corrected chi connectivity index (χ4v) is 4.48. The number of allylic oxidation sites excluding steroid dienone is 2. The van der Waals surface area contributed by atoms with Crippen LogP contribution in [0.3, 0.4) is 0 Å². The Morgan fingerprint density at radius 3 is 2.38 bits per heavy atom. The van der Waals surface area contributed by atoms with Gasteiger partial charge in [0.05, 0.1) is 19.9 Å². The van der Waals surface area contributed by atoms with E-state index in [-0.39, 0.29) is 29.2 Å². The molecule has 8 nitrogen and oxygen atoms in total. The van der Waals surface area contributed by atoms with Crippen molar-refractivity contribution in [3.05, 3.63) is 53.6 Å². The lowest BCUT2D eigenvalue weighted by atomic mass is 9.83. The first-order chi connectivity index (χ1) is 18.6. The maximum atomic E-state index is 12.8. The molecule has 0 fully saturated rings. The standard InChI is InChI=1S/C31H45N3O5/c1-20(2)8-7-9-21(3)24(12-14-25(35)13-10-22-11-15-27(36)28(18-22)38-5)16-23-17-26(34-31(32)33-4)30(37)29(19-23)39-6/h11-12,14-15,17-21,24,36-37H,7-10,13,16H2,1-6H3,(H3,32,33,34)/t21-,24+/m1/s1. The summed E-state index contributed by atoms with van der Waals surface area (Å²) in [6.45, 7) is 6.68. The van der Waals surface area contributed by atoms with Crippen molar-refractivity contribution < 1.29 is 24.5 Å². The third-order valence-electron chi connectivity index (χ3n) is 6.94. The number of phenols is 2. The van der Waals surface area contributed by atoms with E-state index >= 15 is 0 Å². The summed E-state index contributed by atoms with van der Waals surface area (Å²) >= 11 is 0. The van der Waals surface area contributed by atoms with Crippen molar-refractivity contribution in [1.29, 1.82) is 0 Å². The second kappa shape index (κ2) is 15.7. The average Bonchev–Trinajstić information content (AvgIpc) is 2.91. The van der Waals surface area contributed by atoms with Gasteiger partial charge in [0.25, 0.3) is 0 Å². The summed E-state index contributed by atoms with van der Waals surface area (Å²) in [5.41, 5.74) is 8.13. The number of ether oxygens (including phenoxy) is 2. The number of rotatable bonds is 15. The second-order valence-corrected chi connectivity index (χ2v) is 10.4. The topological polar surface area (TPSA) is 126 Å². The van der Waals surface area contributed by atoms with Crippen LogP contribution in [-0.4, -0.2) is 43.2 Å². The van der Waals surface area contributed by atoms with E-state index in [1.165, 1.54) is 14.2 Å². The minimum Gasteiger partial charge on any atom is -0.504 e. The van der Waals surface area contributed by atoms with Crippen LogP contribution in [0.25, 0.3) is 0 Å². The number of phenolic OH excluding ortho intramolecular Hbond substituents is 2. The van der Waals surface area contributed by atoms with Gasteiger partial charge in [-0.1, -0.05) is 52.2 Å². The molecule has 0 aromatic heterocycles. The van der Waals surface area contributed by atoms with Crippen molar-refractivity contribution in [3.63, 3.8) is 0 Å². The Morgan fingerprint density at radius 2 is 1.74 bits per heavy atom. The normalized spacial score (nSPS) is 13.5. The molecule has 0 radical (unpaired) electrons. The van der Waals surface area contributed by atoms with Gasteiger partial charge in [-0.05, 0) is 72.1 Å². The van der Waals surface area contributed by atoms with E-state index in [1.54, 1.807) is 31.3 Å². The Morgan fingerprint density at radius 1 is 1.05 bits per heavy atom. The van der Waals surface area contributed by atoms with Crippen molar-refractivity contribution in [2.75, 3.05) is 26.6 Å². The Bertz CT molecular complexity index is 1140. The second-order valence-electron chi connectivity index (χ2n) is 10.4. The number of aliphatic imine (C=N–C) groups is 1. The zero-order valence-corrected chi connectivity index (χ0v) is 24.2. The molecule has 0 saturated heterocycles. The van der Waals surface area contributed by atoms with Gasteiger partial charge in [-0.25, -0.2) is 0 Å². The Kier molecular flexibility index (Phi) is 12.7. The molecule has 0 heterocycles. The number of carbonyl (C=O) groups excluding carboxylic acids is 1. The number of hydrogen-bond acceptors (Lipinski definition) is 6. The zero-order chi connectivity index (χ0) is 28.9. The van der Waals surface area contributed by atoms with Crippen molar-refractivity contribution in [1.82, 2.24) is 0 Å². The van der Waals surface area contributed by atoms with Crippen LogP contribution in [0.4, 0.5) is 5.69 Å². The van der Waals surface area contributed by atoms with Crippen LogP contribution in [0.1, 0.15) is 57.6 Å². The number of anilines is 1. The number of methoxy groups -OCH3 is 2. The highest BCUT2D eigenvalue weighted by atomic mass is 16.5. The maximum Gasteiger partial charge on any atom is 0.192 e. The molecule has 2 aromatic rings. The average molecular weight is 540 g/mol. The fourth-order valence-electron chi connectivity index (χ4n) is 4.48. The van der Waals surface area contributed by atoms with Gasteiger partial charge < -0.3 is 30.7 Å². The van der Waals surface area contributed by atoms with Crippen molar-refractivity contribution in [2.45, 2.75) is 59.3 Å². The zero-order valence-electron chi connectivity index (χ0n) is 24.2. The minimum absolute atomic E-state index is 0.0361. The number of aryl methyl sites for hydroxylation is 1. The molecule has 0 unspecified atom stereocenters. The highest BCUT2D eigenvalue weighted by molar-refractivity contribution is 5.94. The third-order valence-corrected chi connectivity index (χ3v) is 6.94. The first-order valence-electron chi connectivity index (χ1n) is 13.5. The molecular formula is C31H45N3O5. The van der Waals surface area contributed by atoms with Crippen LogP contribution < -0.4 is 20.5 Å². The molecule has 0 bridgehead atoms. The van der Waals surface area contributed by atoms with Gasteiger partial charge in [-0.3, -0.25) is 9.79 Å². The van der Waals surface area contributed by atoms with Crippen molar-refractivity contribution in [2.24, 2.45) is 28.5 Å². The molecule has 8 heteroatoms. The molecule has 39 heavy (non-hydrogen) atoms. The molecule has 0 spiro atoms. The van der Waals surface area contributed by atoms with Crippen molar-refractivity contribution >= 4 is 17.4 Å². The van der Waals surface area contributed by atoms with Crippen LogP contribution in [0.2, 0.25) is 0 Å². The van der Waals surface area contributed by atoms with E-state index < -0.39 is 0 Å². The number of nitrogens with two attached hydrogens (primary N) is 1. The molecule has 5 N–H and O–H groups in total. The Balaban J connectivity index is 2.22. The number of benzene rings is 2. The first-order valence-corrected chi connectivity index (χ1v) is 13.5. The van der Waals surface area contributed by atoms with Gasteiger partial charge in [0.2, 0.25) is 0 Å². The van der Waals surface area contributed by atoms with Gasteiger partial charge in [0, 0.05) is 13.5 Å². The Hall–Kier alpha value is -3.68. The summed E-state index contributed by atoms with van der Waals surface area (Å²) in [5.74, 6) is 2.10. The van der Waals surface area contributed by atoms with Gasteiger partial charge in [0.1, 0.15) is 0 Å². The van der Waals surface area contributed by atoms with E-state index in [9.17, 15) is 15.0 Å². The van der Waals surface area contributed by atoms with Gasteiger partial charge in [0.15, 0.2) is 34.7 Å². The number of nitrogens with one attached hydrogen (secondary N) is 1. The van der Waals surface area contributed by atoms with Crippen molar-refractivity contribution in [3.8, 4) is 23.0 Å². The predicted octanol–water partition coefficient (Wildman–Crippen LogP) is 5.85. The summed E-state index contributed by atoms with van der Waals surface area (Å²) in [5, 5.41) is 23.3. The quantitative estimate of drug-likeness (QED) is 0.0968. The number of carbonyl (C=O) groups is 1. The van der Waals surface area contributed by atoms with Gasteiger partial charge in [-0.15, -0.1) is 0 Å². The smallest absolute Gasteiger partial charge is 0.192 e. The van der Waals surface area contributed by atoms with E-state index in [2.05, 4.69) is 31.1 Å². The lowest BCUT2D eigenvalue weighted by Crippen LogP contribution is -2.22. The molecule has 0 aliphatic carbocycles. The summed E-state index contributed by atoms with van der Waals surface area (Å²) in [4.78, 5) is 16.7. The van der Waals surface area contributed by atoms with E-state index in [0.29, 0.717) is 48.3 Å². The number of guanidine groups is 1. The lowest BCUT2D eigenvalue weighted by molar-refractivity contribution is -0.114. The molecule has 0 amide bonds. The summed E-state index contributed by atoms with van der Waals surface area (Å²) in [6, 6.07) is 8.80. The third kappa shape index (κ3) is 10.2. The number of nitrogens with zero attached hydrogens (tertiary/aromatic N) is 1. The summed E-state index contributed by atoms with van der Waals surface area (Å²) in [6.07, 6.45) is 8.62. The number of aromatic hydroxyl groups is 2. The van der Waals surface area contributed by atoms with Gasteiger partial charge >= 0.3 is 0 Å². The maximum absolute atomic E-state index is 12.8. The van der Waals surface area contributed by atoms with Crippen LogP contribution in [-0.2, 0) is 17.6 Å². The van der Waals surface area contributed by atoms with Crippen LogP contribution >= 0.6 is 0 Å². The molecule has 0 aliphatic rings. The molecule has 2 atom stereocenters. The van der Waals surface area contributed by atoms with E-state index in [0.717, 1.165) is 30.4 Å². The highest BCUT2D eigenvalue weighted by Crippen LogP contribution is 2.37. The number of hydrogen-bond donors (Lipinski definition) is 4. The fraction of sp³-hybridized carbons (Fsp3) is 0.484. The summed E-state index contributed by atoms with van der Waals surface area (Å²) in [7, 11) is 4.58. The first kappa shape index (κ1) is 31.5. The SMILES string of the molecule is CN=C(N)Nc1cc(C[C@H](C=CC(=O)CCc2ccc(O)c(OC)c2)[C@H](C)CCCC(C)C)cc(OC)c1O. The summed E-state index contributed by atoms with van der Waals surface area (Å²) < 4.78 is 10.6. The molecule has 0 saturated carbocycles.